The molecule has 2 aromatic rings. The molecule has 1 N–H and O–H groups in total. The maximum absolute atomic E-state index is 12.1. The molecular formula is C15H19N3O4S2. The number of aromatic nitrogens is 1. The number of ether oxygens (including phenoxy) is 1. The molecule has 1 heterocycles. The van der Waals surface area contributed by atoms with Gasteiger partial charge >= 0.3 is 0 Å². The van der Waals surface area contributed by atoms with E-state index in [4.69, 9.17) is 4.74 Å². The van der Waals surface area contributed by atoms with Crippen molar-refractivity contribution in [3.8, 4) is 5.88 Å². The molecule has 0 aliphatic carbocycles. The zero-order valence-electron chi connectivity index (χ0n) is 13.6. The minimum absolute atomic E-state index is 0.155. The van der Waals surface area contributed by atoms with Crippen molar-refractivity contribution in [1.82, 2.24) is 9.27 Å². The highest BCUT2D eigenvalue weighted by Crippen LogP contribution is 2.20. The normalized spacial score (nSPS) is 11.5. The summed E-state index contributed by atoms with van der Waals surface area (Å²) < 4.78 is 32.3. The van der Waals surface area contributed by atoms with Crippen LogP contribution in [0, 0.1) is 0 Å². The van der Waals surface area contributed by atoms with Crippen LogP contribution in [0.1, 0.15) is 5.56 Å². The summed E-state index contributed by atoms with van der Waals surface area (Å²) in [4.78, 5) is 14.1. The van der Waals surface area contributed by atoms with Crippen LogP contribution in [0.4, 0.5) is 5.69 Å². The standard InChI is InChI=1S/C15H19N3O4S2/c1-18(8-11-10-23-17-15(11)22-2)9-14(19)16-12-5-4-6-13(7-12)24(3,20)21/h4-7,10H,8-9H2,1-3H3,(H,16,19). The van der Waals surface area contributed by atoms with E-state index in [1.54, 1.807) is 19.2 Å². The van der Waals surface area contributed by atoms with Crippen molar-refractivity contribution < 1.29 is 17.9 Å². The number of likely N-dealkylation sites (N-methyl/N-ethyl adjacent to an activating group) is 1. The minimum Gasteiger partial charge on any atom is -0.480 e. The van der Waals surface area contributed by atoms with E-state index in [-0.39, 0.29) is 17.3 Å². The van der Waals surface area contributed by atoms with E-state index >= 15 is 0 Å². The highest BCUT2D eigenvalue weighted by Gasteiger charge is 2.13. The van der Waals surface area contributed by atoms with Crippen molar-refractivity contribution in [3.63, 3.8) is 0 Å². The second-order valence-electron chi connectivity index (χ2n) is 5.37. The molecule has 0 aliphatic heterocycles. The molecule has 7 nitrogen and oxygen atoms in total. The van der Waals surface area contributed by atoms with E-state index in [1.165, 1.54) is 23.7 Å². The van der Waals surface area contributed by atoms with Gasteiger partial charge in [0.2, 0.25) is 11.8 Å². The van der Waals surface area contributed by atoms with Crippen LogP contribution in [0.15, 0.2) is 34.5 Å². The van der Waals surface area contributed by atoms with Gasteiger partial charge in [0.05, 0.1) is 18.6 Å². The average molecular weight is 369 g/mol. The van der Waals surface area contributed by atoms with E-state index in [9.17, 15) is 13.2 Å². The van der Waals surface area contributed by atoms with Crippen LogP contribution in [0.3, 0.4) is 0 Å². The molecule has 1 aromatic heterocycles. The van der Waals surface area contributed by atoms with Crippen LogP contribution in [0.25, 0.3) is 0 Å². The molecule has 0 atom stereocenters. The Morgan fingerprint density at radius 3 is 2.83 bits per heavy atom. The Balaban J connectivity index is 1.96. The summed E-state index contributed by atoms with van der Waals surface area (Å²) in [6, 6.07) is 6.18. The average Bonchev–Trinajstić information content (AvgIpc) is 2.93. The summed E-state index contributed by atoms with van der Waals surface area (Å²) in [6.45, 7) is 0.679. The Morgan fingerprint density at radius 1 is 1.42 bits per heavy atom. The molecule has 0 bridgehead atoms. The number of hydrogen-bond acceptors (Lipinski definition) is 7. The molecule has 24 heavy (non-hydrogen) atoms. The number of amides is 1. The van der Waals surface area contributed by atoms with E-state index in [0.29, 0.717) is 18.1 Å². The maximum Gasteiger partial charge on any atom is 0.238 e. The van der Waals surface area contributed by atoms with Crippen molar-refractivity contribution in [2.45, 2.75) is 11.4 Å². The number of nitrogens with zero attached hydrogens (tertiary/aromatic N) is 2. The quantitative estimate of drug-likeness (QED) is 0.798. The summed E-state index contributed by atoms with van der Waals surface area (Å²) in [5.41, 5.74) is 1.36. The van der Waals surface area contributed by atoms with Gasteiger partial charge in [0.15, 0.2) is 9.84 Å². The van der Waals surface area contributed by atoms with Gasteiger partial charge in [-0.2, -0.15) is 4.37 Å². The first-order valence-corrected chi connectivity index (χ1v) is 9.78. The van der Waals surface area contributed by atoms with Crippen molar-refractivity contribution in [3.05, 3.63) is 35.2 Å². The first kappa shape index (κ1) is 18.4. The summed E-state index contributed by atoms with van der Waals surface area (Å²) in [6.07, 6.45) is 1.13. The highest BCUT2D eigenvalue weighted by atomic mass is 32.2. The minimum atomic E-state index is -3.31. The van der Waals surface area contributed by atoms with Crippen LogP contribution < -0.4 is 10.1 Å². The summed E-state index contributed by atoms with van der Waals surface area (Å²) in [7, 11) is 0.0572. The van der Waals surface area contributed by atoms with Gasteiger partial charge < -0.3 is 10.1 Å². The van der Waals surface area contributed by atoms with Crippen molar-refractivity contribution in [1.29, 1.82) is 0 Å². The third-order valence-electron chi connectivity index (χ3n) is 3.20. The highest BCUT2D eigenvalue weighted by molar-refractivity contribution is 7.90. The SMILES string of the molecule is COc1nscc1CN(C)CC(=O)Nc1cccc(S(C)(=O)=O)c1. The molecule has 9 heteroatoms. The van der Waals surface area contributed by atoms with Crippen LogP contribution in [-0.4, -0.2) is 50.6 Å². The number of rotatable bonds is 7. The summed E-state index contributed by atoms with van der Waals surface area (Å²) in [5, 5.41) is 4.58. The number of sulfone groups is 1. The Bertz CT molecular complexity index is 818. The van der Waals surface area contributed by atoms with Gasteiger partial charge in [-0.05, 0) is 36.8 Å². The van der Waals surface area contributed by atoms with E-state index < -0.39 is 9.84 Å². The molecule has 0 spiro atoms. The Hall–Kier alpha value is -1.97. The monoisotopic (exact) mass is 369 g/mol. The number of anilines is 1. The molecule has 0 saturated carbocycles. The summed E-state index contributed by atoms with van der Waals surface area (Å²) in [5.74, 6) is 0.332. The number of carbonyl (C=O) groups is 1. The fourth-order valence-electron chi connectivity index (χ4n) is 2.12. The number of hydrogen-bond donors (Lipinski definition) is 1. The van der Waals surface area contributed by atoms with E-state index in [0.717, 1.165) is 11.8 Å². The molecule has 0 radical (unpaired) electrons. The van der Waals surface area contributed by atoms with Crippen LogP contribution in [0.2, 0.25) is 0 Å². The van der Waals surface area contributed by atoms with Crippen molar-refractivity contribution in [2.75, 3.05) is 32.3 Å². The van der Waals surface area contributed by atoms with Gasteiger partial charge in [0, 0.05) is 29.4 Å². The molecule has 1 aromatic carbocycles. The summed E-state index contributed by atoms with van der Waals surface area (Å²) >= 11 is 1.30. The number of benzene rings is 1. The fraction of sp³-hybridized carbons (Fsp3) is 0.333. The largest absolute Gasteiger partial charge is 0.480 e. The molecule has 0 aliphatic rings. The smallest absolute Gasteiger partial charge is 0.238 e. The van der Waals surface area contributed by atoms with E-state index in [2.05, 4.69) is 9.69 Å². The second-order valence-corrected chi connectivity index (χ2v) is 8.01. The molecule has 0 fully saturated rings. The number of carbonyl (C=O) groups excluding carboxylic acids is 1. The first-order chi connectivity index (χ1) is 11.3. The topological polar surface area (TPSA) is 88.6 Å². The number of methoxy groups -OCH3 is 1. The number of nitrogens with one attached hydrogen (secondary N) is 1. The van der Waals surface area contributed by atoms with Crippen LogP contribution in [0.5, 0.6) is 5.88 Å². The molecule has 2 rings (SSSR count). The van der Waals surface area contributed by atoms with Gasteiger partial charge in [0.25, 0.3) is 0 Å². The Kier molecular flexibility index (Phi) is 5.92. The fourth-order valence-corrected chi connectivity index (χ4v) is 3.43. The molecular weight excluding hydrogens is 350 g/mol. The molecule has 0 unspecified atom stereocenters. The van der Waals surface area contributed by atoms with Gasteiger partial charge in [-0.1, -0.05) is 6.07 Å². The van der Waals surface area contributed by atoms with Crippen LogP contribution in [-0.2, 0) is 21.2 Å². The third-order valence-corrected chi connectivity index (χ3v) is 4.97. The molecule has 1 amide bonds. The lowest BCUT2D eigenvalue weighted by molar-refractivity contribution is -0.117. The molecule has 130 valence electrons. The Labute approximate surface area is 145 Å². The van der Waals surface area contributed by atoms with Gasteiger partial charge in [-0.25, -0.2) is 8.42 Å². The lowest BCUT2D eigenvalue weighted by atomic mass is 10.3. The first-order valence-electron chi connectivity index (χ1n) is 7.05. The zero-order chi connectivity index (χ0) is 17.7. The zero-order valence-corrected chi connectivity index (χ0v) is 15.3. The second kappa shape index (κ2) is 7.73. The lowest BCUT2D eigenvalue weighted by Gasteiger charge is -2.16. The third kappa shape index (κ3) is 5.02. The van der Waals surface area contributed by atoms with Crippen LogP contribution >= 0.6 is 11.5 Å². The van der Waals surface area contributed by atoms with E-state index in [1.807, 2.05) is 17.3 Å². The van der Waals surface area contributed by atoms with Crippen molar-refractivity contribution >= 4 is 33.0 Å². The predicted molar refractivity (Wildman–Crippen MR) is 93.2 cm³/mol. The molecule has 0 saturated heterocycles. The van der Waals surface area contributed by atoms with Gasteiger partial charge in [-0.15, -0.1) is 0 Å². The predicted octanol–water partition coefficient (Wildman–Crippen LogP) is 1.63. The Morgan fingerprint density at radius 2 is 2.17 bits per heavy atom. The maximum atomic E-state index is 12.1. The van der Waals surface area contributed by atoms with Gasteiger partial charge in [0.1, 0.15) is 0 Å². The lowest BCUT2D eigenvalue weighted by Crippen LogP contribution is -2.29. The van der Waals surface area contributed by atoms with Crippen molar-refractivity contribution in [2.24, 2.45) is 0 Å². The van der Waals surface area contributed by atoms with Gasteiger partial charge in [-0.3, -0.25) is 9.69 Å².